The number of Topliss-reactive ketones (excluding diaryl/α,β-unsaturated/α-hetero) is 1. The van der Waals surface area contributed by atoms with Crippen molar-refractivity contribution in [1.29, 1.82) is 0 Å². The Morgan fingerprint density at radius 3 is 2.68 bits per heavy atom. The Kier molecular flexibility index (Phi) is 5.41. The molecule has 1 atom stereocenters. The zero-order valence-corrected chi connectivity index (χ0v) is 19.8. The van der Waals surface area contributed by atoms with Gasteiger partial charge in [-0.25, -0.2) is 4.79 Å². The number of fused-ring (bicyclic) bond motifs is 3. The maximum absolute atomic E-state index is 13.8. The van der Waals surface area contributed by atoms with Crippen molar-refractivity contribution in [3.8, 4) is 0 Å². The Labute approximate surface area is 206 Å². The molecule has 1 aliphatic carbocycles. The van der Waals surface area contributed by atoms with Crippen LogP contribution in [0.25, 0.3) is 0 Å². The monoisotopic (exact) mass is 497 g/mol. The lowest BCUT2D eigenvalue weighted by molar-refractivity contribution is -0.140. The van der Waals surface area contributed by atoms with E-state index in [2.05, 4.69) is 5.32 Å². The van der Waals surface area contributed by atoms with Gasteiger partial charge in [0.25, 0.3) is 0 Å². The van der Waals surface area contributed by atoms with Crippen LogP contribution in [-0.4, -0.2) is 24.3 Å². The lowest BCUT2D eigenvalue weighted by Crippen LogP contribution is -2.53. The van der Waals surface area contributed by atoms with Gasteiger partial charge in [-0.15, -0.1) is 0 Å². The summed E-state index contributed by atoms with van der Waals surface area (Å²) >= 11 is 12.6. The molecule has 0 fully saturated rings. The van der Waals surface area contributed by atoms with Crippen molar-refractivity contribution < 1.29 is 19.1 Å². The first-order chi connectivity index (χ1) is 16.3. The molecule has 9 heteroatoms. The van der Waals surface area contributed by atoms with Crippen LogP contribution in [0.1, 0.15) is 31.7 Å². The van der Waals surface area contributed by atoms with E-state index in [4.69, 9.17) is 33.7 Å². The van der Waals surface area contributed by atoms with Crippen molar-refractivity contribution in [2.24, 2.45) is 5.73 Å². The van der Waals surface area contributed by atoms with Gasteiger partial charge in [0.1, 0.15) is 16.8 Å². The Bertz CT molecular complexity index is 1330. The summed E-state index contributed by atoms with van der Waals surface area (Å²) in [6.07, 6.45) is 1.28. The molecule has 174 valence electrons. The number of ketones is 1. The molecule has 2 aromatic carbocycles. The SMILES string of the molecule is CCOC(=O)C1=C(N)N(c2ccc(Cl)cc2Cl)C2=C(C(=O)CCC2)C12C(=O)Nc1ccccc12. The number of rotatable bonds is 3. The number of ether oxygens (including phenoxy) is 1. The van der Waals surface area contributed by atoms with Crippen LogP contribution in [-0.2, 0) is 24.5 Å². The van der Waals surface area contributed by atoms with Gasteiger partial charge in [0.15, 0.2) is 5.78 Å². The second-order valence-electron chi connectivity index (χ2n) is 8.26. The number of hydrogen-bond donors (Lipinski definition) is 2. The van der Waals surface area contributed by atoms with Crippen LogP contribution in [0.15, 0.2) is 65.1 Å². The van der Waals surface area contributed by atoms with Crippen LogP contribution in [0.3, 0.4) is 0 Å². The van der Waals surface area contributed by atoms with Crippen LogP contribution < -0.4 is 16.0 Å². The highest BCUT2D eigenvalue weighted by Crippen LogP contribution is 2.56. The first kappa shape index (κ1) is 22.5. The Morgan fingerprint density at radius 1 is 1.18 bits per heavy atom. The summed E-state index contributed by atoms with van der Waals surface area (Å²) in [4.78, 5) is 42.4. The molecule has 3 N–H and O–H groups in total. The number of esters is 1. The van der Waals surface area contributed by atoms with Gasteiger partial charge in [-0.05, 0) is 44.0 Å². The summed E-state index contributed by atoms with van der Waals surface area (Å²) in [5.74, 6) is -1.52. The number of halogens is 2. The molecule has 0 radical (unpaired) electrons. The quantitative estimate of drug-likeness (QED) is 0.607. The number of para-hydroxylation sites is 1. The smallest absolute Gasteiger partial charge is 0.339 e. The van der Waals surface area contributed by atoms with Crippen molar-refractivity contribution in [3.63, 3.8) is 0 Å². The third kappa shape index (κ3) is 3.00. The zero-order chi connectivity index (χ0) is 24.2. The minimum Gasteiger partial charge on any atom is -0.462 e. The van der Waals surface area contributed by atoms with E-state index in [-0.39, 0.29) is 40.8 Å². The molecule has 0 saturated heterocycles. The highest BCUT2D eigenvalue weighted by molar-refractivity contribution is 6.36. The lowest BCUT2D eigenvalue weighted by Gasteiger charge is -2.44. The molecule has 1 spiro atoms. The first-order valence-electron chi connectivity index (χ1n) is 10.9. The fraction of sp³-hybridized carbons (Fsp3) is 0.240. The molecule has 2 aliphatic heterocycles. The van der Waals surface area contributed by atoms with Gasteiger partial charge in [0.05, 0.1) is 17.3 Å². The van der Waals surface area contributed by atoms with E-state index in [1.807, 2.05) is 0 Å². The highest BCUT2D eigenvalue weighted by atomic mass is 35.5. The minimum absolute atomic E-state index is 0.0111. The Balaban J connectivity index is 1.90. The van der Waals surface area contributed by atoms with Crippen LogP contribution in [0, 0.1) is 0 Å². The van der Waals surface area contributed by atoms with E-state index in [9.17, 15) is 14.4 Å². The van der Waals surface area contributed by atoms with Crippen LogP contribution in [0.2, 0.25) is 10.0 Å². The second kappa shape index (κ2) is 8.18. The number of amides is 1. The van der Waals surface area contributed by atoms with E-state index < -0.39 is 17.3 Å². The normalized spacial score (nSPS) is 21.6. The Hall–Kier alpha value is -3.29. The molecule has 1 amide bonds. The van der Waals surface area contributed by atoms with Gasteiger partial charge in [-0.2, -0.15) is 0 Å². The lowest BCUT2D eigenvalue weighted by atomic mass is 9.63. The first-order valence-corrected chi connectivity index (χ1v) is 11.7. The van der Waals surface area contributed by atoms with E-state index in [1.54, 1.807) is 54.3 Å². The number of allylic oxidation sites excluding steroid dienone is 1. The van der Waals surface area contributed by atoms with Crippen LogP contribution in [0.5, 0.6) is 0 Å². The van der Waals surface area contributed by atoms with Crippen LogP contribution >= 0.6 is 23.2 Å². The summed E-state index contributed by atoms with van der Waals surface area (Å²) in [6, 6.07) is 11.9. The second-order valence-corrected chi connectivity index (χ2v) is 9.10. The summed E-state index contributed by atoms with van der Waals surface area (Å²) in [5.41, 5.74) is 7.13. The predicted molar refractivity (Wildman–Crippen MR) is 129 cm³/mol. The van der Waals surface area contributed by atoms with Crippen molar-refractivity contribution in [1.82, 2.24) is 0 Å². The highest BCUT2D eigenvalue weighted by Gasteiger charge is 2.62. The number of hydrogen-bond acceptors (Lipinski definition) is 6. The Morgan fingerprint density at radius 2 is 1.94 bits per heavy atom. The topological polar surface area (TPSA) is 102 Å². The average Bonchev–Trinajstić information content (AvgIpc) is 3.07. The third-order valence-electron chi connectivity index (χ3n) is 6.45. The molecule has 3 aliphatic rings. The van der Waals surface area contributed by atoms with Crippen molar-refractivity contribution >= 4 is 52.2 Å². The fourth-order valence-electron chi connectivity index (χ4n) is 5.20. The summed E-state index contributed by atoms with van der Waals surface area (Å²) < 4.78 is 5.38. The van der Waals surface area contributed by atoms with E-state index in [0.29, 0.717) is 40.5 Å². The van der Waals surface area contributed by atoms with E-state index in [1.165, 1.54) is 0 Å². The zero-order valence-electron chi connectivity index (χ0n) is 18.3. The van der Waals surface area contributed by atoms with Crippen molar-refractivity contribution in [2.45, 2.75) is 31.6 Å². The van der Waals surface area contributed by atoms with Crippen molar-refractivity contribution in [2.75, 3.05) is 16.8 Å². The van der Waals surface area contributed by atoms with Gasteiger partial charge in [-0.1, -0.05) is 41.4 Å². The number of nitrogens with zero attached hydrogens (tertiary/aromatic N) is 1. The van der Waals surface area contributed by atoms with E-state index >= 15 is 0 Å². The third-order valence-corrected chi connectivity index (χ3v) is 6.99. The summed E-state index contributed by atoms with van der Waals surface area (Å²) in [7, 11) is 0. The van der Waals surface area contributed by atoms with Crippen LogP contribution in [0.4, 0.5) is 11.4 Å². The molecule has 1 unspecified atom stereocenters. The molecule has 0 saturated carbocycles. The standard InChI is InChI=1S/C25H21Cl2N3O4/c1-2-34-23(32)21-22(28)30(17-11-10-13(26)12-15(17)27)18-8-5-9-19(31)20(18)25(21)14-6-3-4-7-16(14)29-24(25)33/h3-4,6-7,10-12H,2,5,8-9,28H2,1H3,(H,29,33). The summed E-state index contributed by atoms with van der Waals surface area (Å²) in [6.45, 7) is 1.73. The maximum atomic E-state index is 13.8. The van der Waals surface area contributed by atoms with Gasteiger partial charge in [0.2, 0.25) is 5.91 Å². The number of benzene rings is 2. The van der Waals surface area contributed by atoms with Crippen molar-refractivity contribution in [3.05, 3.63) is 80.7 Å². The molecule has 2 aromatic rings. The van der Waals surface area contributed by atoms with Gasteiger partial charge >= 0.3 is 5.97 Å². The molecule has 0 aromatic heterocycles. The maximum Gasteiger partial charge on any atom is 0.339 e. The average molecular weight is 498 g/mol. The van der Waals surface area contributed by atoms with Gasteiger partial charge in [0, 0.05) is 34.0 Å². The van der Waals surface area contributed by atoms with Gasteiger partial charge in [-0.3, -0.25) is 14.5 Å². The number of nitrogens with two attached hydrogens (primary N) is 1. The number of anilines is 2. The molecule has 2 heterocycles. The minimum atomic E-state index is -1.71. The number of carbonyl (C=O) groups excluding carboxylic acids is 3. The molecule has 5 rings (SSSR count). The molecule has 34 heavy (non-hydrogen) atoms. The molecule has 0 bridgehead atoms. The largest absolute Gasteiger partial charge is 0.462 e. The number of nitrogens with one attached hydrogen (secondary N) is 1. The molecule has 7 nitrogen and oxygen atoms in total. The molecular weight excluding hydrogens is 477 g/mol. The molecular formula is C25H21Cl2N3O4. The predicted octanol–water partition coefficient (Wildman–Crippen LogP) is 4.44. The van der Waals surface area contributed by atoms with E-state index in [0.717, 1.165) is 0 Å². The van der Waals surface area contributed by atoms with Gasteiger partial charge < -0.3 is 15.8 Å². The number of carbonyl (C=O) groups is 3. The summed E-state index contributed by atoms with van der Waals surface area (Å²) in [5, 5.41) is 3.56. The fourth-order valence-corrected chi connectivity index (χ4v) is 5.70.